The molecule has 11 heteroatoms. The Morgan fingerprint density at radius 2 is 2.06 bits per heavy atom. The van der Waals surface area contributed by atoms with Gasteiger partial charge in [0.2, 0.25) is 0 Å². The van der Waals surface area contributed by atoms with Crippen molar-refractivity contribution in [3.05, 3.63) is 52.5 Å². The standard InChI is InChI=1S/C21H19BrClN5O4/c1-24-19-12-2-3-28(20(12)27-9-26-19)21-18(30)17(29)16(32-21)8-31-15-6-14-10(5-13(15)23)4-11(22)7-25-14/h2-7,9,16-18,21,29-30H,8H2,1H3,(H,24,26,27)/t16-,17-,18-,21-/m1/s1. The molecule has 0 saturated carbocycles. The lowest BCUT2D eigenvalue weighted by molar-refractivity contribution is -0.0471. The van der Waals surface area contributed by atoms with Crippen LogP contribution in [0.25, 0.3) is 21.9 Å². The number of benzene rings is 1. The number of hydrogen-bond donors (Lipinski definition) is 3. The molecule has 166 valence electrons. The lowest BCUT2D eigenvalue weighted by atomic mass is 10.1. The van der Waals surface area contributed by atoms with Crippen molar-refractivity contribution in [3.8, 4) is 5.75 Å². The van der Waals surface area contributed by atoms with E-state index in [9.17, 15) is 10.2 Å². The van der Waals surface area contributed by atoms with Gasteiger partial charge >= 0.3 is 0 Å². The second-order valence-corrected chi connectivity index (χ2v) is 8.74. The van der Waals surface area contributed by atoms with E-state index in [1.54, 1.807) is 36.1 Å². The predicted octanol–water partition coefficient (Wildman–Crippen LogP) is 3.14. The molecule has 1 saturated heterocycles. The molecule has 1 aliphatic heterocycles. The van der Waals surface area contributed by atoms with Crippen molar-refractivity contribution in [3.63, 3.8) is 0 Å². The largest absolute Gasteiger partial charge is 0.489 e. The maximum Gasteiger partial charge on any atom is 0.164 e. The lowest BCUT2D eigenvalue weighted by Crippen LogP contribution is -2.34. The van der Waals surface area contributed by atoms with Gasteiger partial charge in [-0.25, -0.2) is 9.97 Å². The number of aliphatic hydroxyl groups is 2. The Morgan fingerprint density at radius 1 is 1.22 bits per heavy atom. The van der Waals surface area contributed by atoms with Crippen LogP contribution < -0.4 is 10.1 Å². The third-order valence-corrected chi connectivity index (χ3v) is 6.19. The number of anilines is 1. The summed E-state index contributed by atoms with van der Waals surface area (Å²) in [5.41, 5.74) is 1.30. The highest BCUT2D eigenvalue weighted by Crippen LogP contribution is 2.35. The summed E-state index contributed by atoms with van der Waals surface area (Å²) in [5.74, 6) is 1.08. The van der Waals surface area contributed by atoms with Crippen LogP contribution in [0, 0.1) is 0 Å². The Bertz CT molecular complexity index is 1300. The number of halogens is 2. The van der Waals surface area contributed by atoms with Crippen LogP contribution >= 0.6 is 27.5 Å². The lowest BCUT2D eigenvalue weighted by Gasteiger charge is -2.17. The van der Waals surface area contributed by atoms with Crippen LogP contribution in [0.5, 0.6) is 5.75 Å². The van der Waals surface area contributed by atoms with E-state index in [0.29, 0.717) is 22.2 Å². The van der Waals surface area contributed by atoms with Crippen molar-refractivity contribution in [2.45, 2.75) is 24.5 Å². The first-order chi connectivity index (χ1) is 15.5. The number of pyridine rings is 1. The van der Waals surface area contributed by atoms with E-state index in [1.807, 2.05) is 12.1 Å². The molecule has 0 aliphatic carbocycles. The molecule has 0 spiro atoms. The Labute approximate surface area is 196 Å². The molecule has 0 amide bonds. The fourth-order valence-electron chi connectivity index (χ4n) is 3.86. The molecular weight excluding hydrogens is 502 g/mol. The molecular formula is C21H19BrClN5O4. The number of aliphatic hydroxyl groups excluding tert-OH is 2. The molecule has 3 N–H and O–H groups in total. The number of aromatic nitrogens is 4. The molecule has 3 aromatic heterocycles. The zero-order valence-corrected chi connectivity index (χ0v) is 19.2. The molecule has 0 radical (unpaired) electrons. The molecule has 4 atom stereocenters. The van der Waals surface area contributed by atoms with Gasteiger partial charge in [-0.2, -0.15) is 0 Å². The second kappa shape index (κ2) is 8.45. The Morgan fingerprint density at radius 3 is 2.88 bits per heavy atom. The van der Waals surface area contributed by atoms with Gasteiger partial charge in [-0.3, -0.25) is 4.98 Å². The Kier molecular flexibility index (Phi) is 5.64. The fourth-order valence-corrected chi connectivity index (χ4v) is 4.43. The average molecular weight is 521 g/mol. The highest BCUT2D eigenvalue weighted by atomic mass is 79.9. The van der Waals surface area contributed by atoms with Crippen molar-refractivity contribution >= 4 is 55.3 Å². The van der Waals surface area contributed by atoms with Gasteiger partial charge in [-0.1, -0.05) is 11.6 Å². The monoisotopic (exact) mass is 519 g/mol. The molecule has 4 aromatic rings. The first-order valence-electron chi connectivity index (χ1n) is 9.84. The van der Waals surface area contributed by atoms with Crippen LogP contribution in [0.1, 0.15) is 6.23 Å². The highest BCUT2D eigenvalue weighted by molar-refractivity contribution is 9.10. The van der Waals surface area contributed by atoms with Crippen LogP contribution in [-0.4, -0.2) is 61.7 Å². The fraction of sp³-hybridized carbons (Fsp3) is 0.286. The van der Waals surface area contributed by atoms with Crippen molar-refractivity contribution in [1.82, 2.24) is 19.5 Å². The molecule has 4 heterocycles. The molecule has 1 aliphatic rings. The number of nitrogens with one attached hydrogen (secondary N) is 1. The first kappa shape index (κ1) is 21.4. The van der Waals surface area contributed by atoms with Crippen LogP contribution in [-0.2, 0) is 4.74 Å². The number of hydrogen-bond acceptors (Lipinski definition) is 8. The summed E-state index contributed by atoms with van der Waals surface area (Å²) in [6.07, 6.45) is 0.930. The summed E-state index contributed by atoms with van der Waals surface area (Å²) in [5, 5.41) is 26.3. The summed E-state index contributed by atoms with van der Waals surface area (Å²) in [6, 6.07) is 7.23. The molecule has 1 fully saturated rings. The van der Waals surface area contributed by atoms with Gasteiger partial charge in [0.1, 0.15) is 48.5 Å². The minimum absolute atomic E-state index is 0.00751. The van der Waals surface area contributed by atoms with Crippen molar-refractivity contribution in [2.24, 2.45) is 0 Å². The van der Waals surface area contributed by atoms with Gasteiger partial charge < -0.3 is 29.6 Å². The molecule has 1 aromatic carbocycles. The van der Waals surface area contributed by atoms with Gasteiger partial charge in [0, 0.05) is 35.4 Å². The topological polar surface area (TPSA) is 115 Å². The molecule has 0 bridgehead atoms. The van der Waals surface area contributed by atoms with Gasteiger partial charge in [0.15, 0.2) is 6.23 Å². The van der Waals surface area contributed by atoms with Gasteiger partial charge in [0.05, 0.1) is 15.9 Å². The minimum Gasteiger partial charge on any atom is -0.489 e. The van der Waals surface area contributed by atoms with E-state index in [2.05, 4.69) is 36.2 Å². The summed E-state index contributed by atoms with van der Waals surface area (Å²) in [6.45, 7) is -0.00751. The molecule has 9 nitrogen and oxygen atoms in total. The number of nitrogens with zero attached hydrogens (tertiary/aromatic N) is 4. The molecule has 0 unspecified atom stereocenters. The first-order valence-corrected chi connectivity index (χ1v) is 11.0. The summed E-state index contributed by atoms with van der Waals surface area (Å²) >= 11 is 9.75. The van der Waals surface area contributed by atoms with Crippen molar-refractivity contribution in [1.29, 1.82) is 0 Å². The van der Waals surface area contributed by atoms with Crippen molar-refractivity contribution in [2.75, 3.05) is 19.0 Å². The Hall–Kier alpha value is -2.50. The second-order valence-electron chi connectivity index (χ2n) is 7.42. The van der Waals surface area contributed by atoms with Crippen LogP contribution in [0.3, 0.4) is 0 Å². The minimum atomic E-state index is -1.17. The van der Waals surface area contributed by atoms with Gasteiger partial charge in [-0.05, 0) is 34.1 Å². The Balaban J connectivity index is 1.36. The molecule has 5 rings (SSSR count). The summed E-state index contributed by atoms with van der Waals surface area (Å²) < 4.78 is 14.3. The van der Waals surface area contributed by atoms with E-state index in [4.69, 9.17) is 21.1 Å². The van der Waals surface area contributed by atoms with Crippen LogP contribution in [0.2, 0.25) is 5.02 Å². The van der Waals surface area contributed by atoms with Crippen molar-refractivity contribution < 1.29 is 19.7 Å². The van der Waals surface area contributed by atoms with Crippen LogP contribution in [0.4, 0.5) is 5.82 Å². The average Bonchev–Trinajstić information content (AvgIpc) is 3.33. The van der Waals surface area contributed by atoms with E-state index in [1.165, 1.54) is 6.33 Å². The van der Waals surface area contributed by atoms with E-state index in [0.717, 1.165) is 20.8 Å². The quantitative estimate of drug-likeness (QED) is 0.368. The SMILES string of the molecule is CNc1ncnc2c1ccn2[C@@H]1O[C@H](COc2cc3ncc(Br)cc3cc2Cl)[C@@H](O)[C@H]1O. The zero-order chi connectivity index (χ0) is 22.4. The van der Waals surface area contributed by atoms with E-state index < -0.39 is 24.5 Å². The zero-order valence-electron chi connectivity index (χ0n) is 16.8. The van der Waals surface area contributed by atoms with Crippen LogP contribution in [0.15, 0.2) is 47.5 Å². The van der Waals surface area contributed by atoms with Gasteiger partial charge in [0.25, 0.3) is 0 Å². The maximum absolute atomic E-state index is 10.7. The van der Waals surface area contributed by atoms with E-state index >= 15 is 0 Å². The van der Waals surface area contributed by atoms with Gasteiger partial charge in [-0.15, -0.1) is 0 Å². The molecule has 32 heavy (non-hydrogen) atoms. The number of fused-ring (bicyclic) bond motifs is 2. The van der Waals surface area contributed by atoms with E-state index in [-0.39, 0.29) is 6.61 Å². The summed E-state index contributed by atoms with van der Waals surface area (Å²) in [4.78, 5) is 12.8. The number of rotatable bonds is 5. The predicted molar refractivity (Wildman–Crippen MR) is 123 cm³/mol. The maximum atomic E-state index is 10.7. The smallest absolute Gasteiger partial charge is 0.164 e. The highest BCUT2D eigenvalue weighted by Gasteiger charge is 2.44. The summed E-state index contributed by atoms with van der Waals surface area (Å²) in [7, 11) is 1.77. The number of ether oxygens (including phenoxy) is 2. The normalized spacial score (nSPS) is 23.2. The third kappa shape index (κ3) is 3.67. The third-order valence-electron chi connectivity index (χ3n) is 5.46.